The SMILES string of the molecule is CCCCC(NC(=O)CNC(=O)c1cccc(F)c1)C(=O)O. The molecule has 0 saturated carbocycles. The molecule has 0 radical (unpaired) electrons. The summed E-state index contributed by atoms with van der Waals surface area (Å²) in [4.78, 5) is 34.4. The van der Waals surface area contributed by atoms with Gasteiger partial charge in [0.25, 0.3) is 5.91 Å². The zero-order valence-corrected chi connectivity index (χ0v) is 12.3. The molecule has 0 aromatic heterocycles. The van der Waals surface area contributed by atoms with E-state index >= 15 is 0 Å². The third kappa shape index (κ3) is 5.90. The van der Waals surface area contributed by atoms with Crippen LogP contribution in [0, 0.1) is 5.82 Å². The normalized spacial score (nSPS) is 11.5. The van der Waals surface area contributed by atoms with E-state index < -0.39 is 29.6 Å². The number of hydrogen-bond donors (Lipinski definition) is 3. The second kappa shape index (κ2) is 8.76. The highest BCUT2D eigenvalue weighted by Crippen LogP contribution is 2.03. The van der Waals surface area contributed by atoms with Crippen molar-refractivity contribution in [2.75, 3.05) is 6.54 Å². The van der Waals surface area contributed by atoms with Crippen LogP contribution in [-0.2, 0) is 9.59 Å². The van der Waals surface area contributed by atoms with Crippen LogP contribution in [0.15, 0.2) is 24.3 Å². The number of hydrogen-bond acceptors (Lipinski definition) is 3. The summed E-state index contributed by atoms with van der Waals surface area (Å²) >= 11 is 0. The van der Waals surface area contributed by atoms with E-state index in [0.717, 1.165) is 12.5 Å². The van der Waals surface area contributed by atoms with Crippen LogP contribution in [0.2, 0.25) is 0 Å². The number of carboxylic acid groups (broad SMARTS) is 1. The fourth-order valence-electron chi connectivity index (χ4n) is 1.80. The van der Waals surface area contributed by atoms with Crippen molar-refractivity contribution in [3.63, 3.8) is 0 Å². The molecule has 0 aliphatic rings. The van der Waals surface area contributed by atoms with Gasteiger partial charge in [0, 0.05) is 5.56 Å². The van der Waals surface area contributed by atoms with Crippen molar-refractivity contribution in [3.8, 4) is 0 Å². The smallest absolute Gasteiger partial charge is 0.326 e. The van der Waals surface area contributed by atoms with Crippen molar-refractivity contribution >= 4 is 17.8 Å². The number of carbonyl (C=O) groups is 3. The second-order valence-corrected chi connectivity index (χ2v) is 4.79. The zero-order chi connectivity index (χ0) is 16.5. The molecule has 22 heavy (non-hydrogen) atoms. The van der Waals surface area contributed by atoms with E-state index in [-0.39, 0.29) is 12.1 Å². The number of carbonyl (C=O) groups excluding carboxylic acids is 2. The van der Waals surface area contributed by atoms with E-state index in [9.17, 15) is 18.8 Å². The summed E-state index contributed by atoms with van der Waals surface area (Å²) in [6.07, 6.45) is 1.82. The van der Waals surface area contributed by atoms with Crippen LogP contribution in [0.4, 0.5) is 4.39 Å². The molecule has 120 valence electrons. The van der Waals surface area contributed by atoms with E-state index in [2.05, 4.69) is 10.6 Å². The largest absolute Gasteiger partial charge is 0.480 e. The van der Waals surface area contributed by atoms with Crippen molar-refractivity contribution in [1.29, 1.82) is 0 Å². The molecule has 0 spiro atoms. The van der Waals surface area contributed by atoms with Gasteiger partial charge in [-0.25, -0.2) is 9.18 Å². The van der Waals surface area contributed by atoms with Crippen molar-refractivity contribution in [2.45, 2.75) is 32.2 Å². The Bertz CT molecular complexity index is 548. The van der Waals surface area contributed by atoms with Gasteiger partial charge < -0.3 is 15.7 Å². The van der Waals surface area contributed by atoms with Crippen LogP contribution in [0.1, 0.15) is 36.5 Å². The summed E-state index contributed by atoms with van der Waals surface area (Å²) < 4.78 is 13.0. The first-order chi connectivity index (χ1) is 10.4. The van der Waals surface area contributed by atoms with Gasteiger partial charge in [-0.15, -0.1) is 0 Å². The summed E-state index contributed by atoms with van der Waals surface area (Å²) in [6, 6.07) is 4.08. The molecule has 0 bridgehead atoms. The predicted octanol–water partition coefficient (Wildman–Crippen LogP) is 1.32. The Balaban J connectivity index is 2.47. The second-order valence-electron chi connectivity index (χ2n) is 4.79. The van der Waals surface area contributed by atoms with Gasteiger partial charge in [0.05, 0.1) is 6.54 Å². The van der Waals surface area contributed by atoms with Gasteiger partial charge in [-0.2, -0.15) is 0 Å². The topological polar surface area (TPSA) is 95.5 Å². The molecule has 0 heterocycles. The maximum Gasteiger partial charge on any atom is 0.326 e. The van der Waals surface area contributed by atoms with E-state index in [0.29, 0.717) is 12.8 Å². The Morgan fingerprint density at radius 2 is 2.05 bits per heavy atom. The van der Waals surface area contributed by atoms with Crippen LogP contribution in [-0.4, -0.2) is 35.5 Å². The van der Waals surface area contributed by atoms with Crippen LogP contribution in [0.25, 0.3) is 0 Å². The van der Waals surface area contributed by atoms with Crippen LogP contribution in [0.3, 0.4) is 0 Å². The first kappa shape index (κ1) is 17.6. The quantitative estimate of drug-likeness (QED) is 0.674. The van der Waals surface area contributed by atoms with Crippen molar-refractivity contribution < 1.29 is 23.9 Å². The van der Waals surface area contributed by atoms with Crippen molar-refractivity contribution in [2.24, 2.45) is 0 Å². The highest BCUT2D eigenvalue weighted by Gasteiger charge is 2.19. The molecule has 2 amide bonds. The summed E-state index contributed by atoms with van der Waals surface area (Å²) in [6.45, 7) is 1.55. The highest BCUT2D eigenvalue weighted by molar-refractivity contribution is 5.96. The molecule has 0 aliphatic carbocycles. The van der Waals surface area contributed by atoms with Gasteiger partial charge in [0.1, 0.15) is 11.9 Å². The first-order valence-electron chi connectivity index (χ1n) is 7.00. The zero-order valence-electron chi connectivity index (χ0n) is 12.3. The Labute approximate surface area is 127 Å². The Morgan fingerprint density at radius 1 is 1.32 bits per heavy atom. The lowest BCUT2D eigenvalue weighted by Gasteiger charge is -2.14. The Kier molecular flexibility index (Phi) is 7.01. The molecule has 1 unspecified atom stereocenters. The van der Waals surface area contributed by atoms with Gasteiger partial charge in [-0.3, -0.25) is 9.59 Å². The number of carboxylic acids is 1. The van der Waals surface area contributed by atoms with Crippen molar-refractivity contribution in [1.82, 2.24) is 10.6 Å². The van der Waals surface area contributed by atoms with Gasteiger partial charge in [-0.1, -0.05) is 25.8 Å². The molecular formula is C15H19FN2O4. The minimum atomic E-state index is -1.11. The van der Waals surface area contributed by atoms with E-state index in [1.807, 2.05) is 6.92 Å². The monoisotopic (exact) mass is 310 g/mol. The fourth-order valence-corrected chi connectivity index (χ4v) is 1.80. The molecule has 6 nitrogen and oxygen atoms in total. The summed E-state index contributed by atoms with van der Waals surface area (Å²) in [5.74, 6) is -2.87. The summed E-state index contributed by atoms with van der Waals surface area (Å²) in [5.41, 5.74) is 0.0913. The minimum Gasteiger partial charge on any atom is -0.480 e. The molecule has 1 rings (SSSR count). The van der Waals surface area contributed by atoms with Gasteiger partial charge in [-0.05, 0) is 24.6 Å². The molecule has 1 atom stereocenters. The molecule has 7 heteroatoms. The lowest BCUT2D eigenvalue weighted by atomic mass is 10.1. The van der Waals surface area contributed by atoms with Crippen LogP contribution >= 0.6 is 0 Å². The third-order valence-electron chi connectivity index (χ3n) is 2.98. The van der Waals surface area contributed by atoms with Gasteiger partial charge in [0.15, 0.2) is 0 Å². The molecule has 3 N–H and O–H groups in total. The fraction of sp³-hybridized carbons (Fsp3) is 0.400. The average Bonchev–Trinajstić information content (AvgIpc) is 2.48. The van der Waals surface area contributed by atoms with Gasteiger partial charge >= 0.3 is 5.97 Å². The Morgan fingerprint density at radius 3 is 2.64 bits per heavy atom. The highest BCUT2D eigenvalue weighted by atomic mass is 19.1. The average molecular weight is 310 g/mol. The number of aliphatic carboxylic acids is 1. The molecule has 0 saturated heterocycles. The van der Waals surface area contributed by atoms with E-state index in [1.165, 1.54) is 18.2 Å². The number of halogens is 1. The molecule has 0 aliphatic heterocycles. The lowest BCUT2D eigenvalue weighted by Crippen LogP contribution is -2.45. The Hall–Kier alpha value is -2.44. The molecule has 0 fully saturated rings. The predicted molar refractivity (Wildman–Crippen MR) is 77.8 cm³/mol. The molecule has 1 aromatic rings. The number of rotatable bonds is 8. The number of nitrogens with one attached hydrogen (secondary N) is 2. The molecular weight excluding hydrogens is 291 g/mol. The maximum absolute atomic E-state index is 13.0. The summed E-state index contributed by atoms with van der Waals surface area (Å²) in [5, 5.41) is 13.6. The molecule has 1 aromatic carbocycles. The number of benzene rings is 1. The number of amides is 2. The minimum absolute atomic E-state index is 0.0913. The lowest BCUT2D eigenvalue weighted by molar-refractivity contribution is -0.141. The van der Waals surface area contributed by atoms with E-state index in [1.54, 1.807) is 0 Å². The number of unbranched alkanes of at least 4 members (excludes halogenated alkanes) is 1. The summed E-state index contributed by atoms with van der Waals surface area (Å²) in [7, 11) is 0. The maximum atomic E-state index is 13.0. The third-order valence-corrected chi connectivity index (χ3v) is 2.98. The standard InChI is InChI=1S/C15H19FN2O4/c1-2-3-7-12(15(21)22)18-13(19)9-17-14(20)10-5-4-6-11(16)8-10/h4-6,8,12H,2-3,7,9H2,1H3,(H,17,20)(H,18,19)(H,21,22). The van der Waals surface area contributed by atoms with Crippen LogP contribution < -0.4 is 10.6 Å². The van der Waals surface area contributed by atoms with Crippen molar-refractivity contribution in [3.05, 3.63) is 35.6 Å². The van der Waals surface area contributed by atoms with Crippen LogP contribution in [0.5, 0.6) is 0 Å². The first-order valence-corrected chi connectivity index (χ1v) is 7.00. The van der Waals surface area contributed by atoms with Gasteiger partial charge in [0.2, 0.25) is 5.91 Å². The van der Waals surface area contributed by atoms with E-state index in [4.69, 9.17) is 5.11 Å².